The molecule has 1 fully saturated rings. The largest absolute Gasteiger partial charge is 0.317 e. The van der Waals surface area contributed by atoms with Crippen LogP contribution in [0.2, 0.25) is 0 Å². The van der Waals surface area contributed by atoms with E-state index in [2.05, 4.69) is 16.8 Å². The lowest BCUT2D eigenvalue weighted by atomic mass is 9.90. The van der Waals surface area contributed by atoms with Crippen LogP contribution in [-0.2, 0) is 0 Å². The molecule has 1 aliphatic rings. The summed E-state index contributed by atoms with van der Waals surface area (Å²) in [5.74, 6) is -0.108. The van der Waals surface area contributed by atoms with Crippen LogP contribution in [0.25, 0.3) is 10.9 Å². The highest BCUT2D eigenvalue weighted by Crippen LogP contribution is 2.32. The summed E-state index contributed by atoms with van der Waals surface area (Å²) in [6, 6.07) is 13.7. The number of benzene rings is 2. The van der Waals surface area contributed by atoms with Crippen LogP contribution < -0.4 is 10.7 Å². The molecule has 1 aliphatic heterocycles. The molecule has 1 amide bonds. The second kappa shape index (κ2) is 6.69. The number of halogens is 1. The molecule has 25 heavy (non-hydrogen) atoms. The molecule has 3 aromatic rings. The van der Waals surface area contributed by atoms with E-state index in [-0.39, 0.29) is 11.7 Å². The standard InChI is InChI=1S/C20H20FN3O/c21-16-7-5-15(6-8-16)20(25)23-24-13-18(14-9-11-22-12-10-14)17-3-1-2-4-19(17)24/h1-8,13-14,22H,9-12H2,(H,23,25). The minimum atomic E-state index is -0.351. The molecular weight excluding hydrogens is 317 g/mol. The summed E-state index contributed by atoms with van der Waals surface area (Å²) in [6.07, 6.45) is 4.22. The Morgan fingerprint density at radius 3 is 2.56 bits per heavy atom. The van der Waals surface area contributed by atoms with E-state index >= 15 is 0 Å². The van der Waals surface area contributed by atoms with E-state index < -0.39 is 0 Å². The number of aromatic nitrogens is 1. The molecule has 2 aromatic carbocycles. The number of carbonyl (C=O) groups excluding carboxylic acids is 1. The molecule has 128 valence electrons. The first-order chi connectivity index (χ1) is 12.2. The van der Waals surface area contributed by atoms with Crippen LogP contribution in [-0.4, -0.2) is 23.7 Å². The highest BCUT2D eigenvalue weighted by Gasteiger charge is 2.20. The van der Waals surface area contributed by atoms with Crippen molar-refractivity contribution in [2.45, 2.75) is 18.8 Å². The van der Waals surface area contributed by atoms with Gasteiger partial charge in [0.2, 0.25) is 0 Å². The molecule has 2 heterocycles. The molecule has 4 rings (SSSR count). The molecule has 0 saturated carbocycles. The number of piperidine rings is 1. The minimum Gasteiger partial charge on any atom is -0.317 e. The number of nitrogens with zero attached hydrogens (tertiary/aromatic N) is 1. The predicted octanol–water partition coefficient (Wildman–Crippen LogP) is 3.63. The van der Waals surface area contributed by atoms with Crippen molar-refractivity contribution in [3.8, 4) is 0 Å². The van der Waals surface area contributed by atoms with Crippen LogP contribution >= 0.6 is 0 Å². The molecular formula is C20H20FN3O. The third kappa shape index (κ3) is 3.15. The van der Waals surface area contributed by atoms with Gasteiger partial charge in [-0.3, -0.25) is 14.9 Å². The highest BCUT2D eigenvalue weighted by atomic mass is 19.1. The van der Waals surface area contributed by atoms with Gasteiger partial charge in [0.1, 0.15) is 5.82 Å². The van der Waals surface area contributed by atoms with Crippen molar-refractivity contribution in [2.75, 3.05) is 18.5 Å². The quantitative estimate of drug-likeness (QED) is 0.767. The molecule has 2 N–H and O–H groups in total. The van der Waals surface area contributed by atoms with Gasteiger partial charge in [0, 0.05) is 17.1 Å². The summed E-state index contributed by atoms with van der Waals surface area (Å²) in [5, 5.41) is 4.57. The third-order valence-electron chi connectivity index (χ3n) is 4.85. The van der Waals surface area contributed by atoms with Crippen molar-refractivity contribution in [1.29, 1.82) is 0 Å². The number of nitrogens with one attached hydrogen (secondary N) is 2. The number of rotatable bonds is 3. The fourth-order valence-corrected chi connectivity index (χ4v) is 3.53. The Kier molecular flexibility index (Phi) is 4.24. The Bertz CT molecular complexity index is 895. The van der Waals surface area contributed by atoms with Gasteiger partial charge >= 0.3 is 0 Å². The average molecular weight is 337 g/mol. The fourth-order valence-electron chi connectivity index (χ4n) is 3.53. The zero-order valence-corrected chi connectivity index (χ0v) is 13.8. The van der Waals surface area contributed by atoms with E-state index in [1.54, 1.807) is 4.68 Å². The second-order valence-corrected chi connectivity index (χ2v) is 6.44. The molecule has 0 radical (unpaired) electrons. The topological polar surface area (TPSA) is 46.1 Å². The molecule has 4 nitrogen and oxygen atoms in total. The first-order valence-electron chi connectivity index (χ1n) is 8.60. The molecule has 0 spiro atoms. The normalized spacial score (nSPS) is 15.4. The Hall–Kier alpha value is -2.66. The van der Waals surface area contributed by atoms with Crippen LogP contribution in [0.3, 0.4) is 0 Å². The molecule has 1 saturated heterocycles. The van der Waals surface area contributed by atoms with Gasteiger partial charge in [-0.15, -0.1) is 0 Å². The van der Waals surface area contributed by atoms with Gasteiger partial charge in [0.05, 0.1) is 5.52 Å². The lowest BCUT2D eigenvalue weighted by molar-refractivity contribution is 0.101. The summed E-state index contributed by atoms with van der Waals surface area (Å²) in [7, 11) is 0. The van der Waals surface area contributed by atoms with E-state index in [4.69, 9.17) is 0 Å². The highest BCUT2D eigenvalue weighted by molar-refractivity contribution is 6.01. The van der Waals surface area contributed by atoms with Crippen LogP contribution in [0.15, 0.2) is 54.7 Å². The van der Waals surface area contributed by atoms with Crippen molar-refractivity contribution in [3.63, 3.8) is 0 Å². The van der Waals surface area contributed by atoms with E-state index in [0.29, 0.717) is 11.5 Å². The minimum absolute atomic E-state index is 0.252. The van der Waals surface area contributed by atoms with Gasteiger partial charge in [-0.05, 0) is 67.7 Å². The lowest BCUT2D eigenvalue weighted by Crippen LogP contribution is -2.26. The van der Waals surface area contributed by atoms with Gasteiger partial charge in [-0.1, -0.05) is 18.2 Å². The lowest BCUT2D eigenvalue weighted by Gasteiger charge is -2.22. The maximum absolute atomic E-state index is 13.1. The van der Waals surface area contributed by atoms with Gasteiger partial charge < -0.3 is 5.32 Å². The Labute approximate surface area is 145 Å². The van der Waals surface area contributed by atoms with Crippen molar-refractivity contribution >= 4 is 16.8 Å². The van der Waals surface area contributed by atoms with E-state index in [0.717, 1.165) is 31.4 Å². The summed E-state index contributed by atoms with van der Waals surface area (Å²) in [4.78, 5) is 12.5. The SMILES string of the molecule is O=C(Nn1cc(C2CCNCC2)c2ccccc21)c1ccc(F)cc1. The molecule has 0 aliphatic carbocycles. The first kappa shape index (κ1) is 15.8. The zero-order valence-electron chi connectivity index (χ0n) is 13.8. The molecule has 0 unspecified atom stereocenters. The predicted molar refractivity (Wildman–Crippen MR) is 96.9 cm³/mol. The fraction of sp³-hybridized carbons (Fsp3) is 0.250. The van der Waals surface area contributed by atoms with Crippen molar-refractivity contribution < 1.29 is 9.18 Å². The number of amides is 1. The summed E-state index contributed by atoms with van der Waals surface area (Å²) in [5.41, 5.74) is 5.61. The molecule has 0 bridgehead atoms. The number of para-hydroxylation sites is 1. The number of hydrogen-bond acceptors (Lipinski definition) is 2. The zero-order chi connectivity index (χ0) is 17.2. The number of carbonyl (C=O) groups is 1. The van der Waals surface area contributed by atoms with Crippen LogP contribution in [0.4, 0.5) is 4.39 Å². The molecule has 5 heteroatoms. The third-order valence-corrected chi connectivity index (χ3v) is 4.85. The summed E-state index contributed by atoms with van der Waals surface area (Å²) in [6.45, 7) is 2.04. The Morgan fingerprint density at radius 2 is 1.80 bits per heavy atom. The van der Waals surface area contributed by atoms with Crippen molar-refractivity contribution in [2.24, 2.45) is 0 Å². The van der Waals surface area contributed by atoms with Crippen LogP contribution in [0.5, 0.6) is 0 Å². The van der Waals surface area contributed by atoms with Crippen LogP contribution in [0.1, 0.15) is 34.7 Å². The monoisotopic (exact) mass is 337 g/mol. The Morgan fingerprint density at radius 1 is 1.08 bits per heavy atom. The average Bonchev–Trinajstić information content (AvgIpc) is 3.02. The first-order valence-corrected chi connectivity index (χ1v) is 8.60. The number of fused-ring (bicyclic) bond motifs is 1. The number of hydrogen-bond donors (Lipinski definition) is 2. The van der Waals surface area contributed by atoms with Gasteiger partial charge in [-0.25, -0.2) is 4.39 Å². The maximum atomic E-state index is 13.1. The van der Waals surface area contributed by atoms with Gasteiger partial charge in [0.25, 0.3) is 5.91 Å². The molecule has 0 atom stereocenters. The van der Waals surface area contributed by atoms with Crippen molar-refractivity contribution in [1.82, 2.24) is 9.99 Å². The van der Waals surface area contributed by atoms with E-state index in [1.165, 1.54) is 35.2 Å². The Balaban J connectivity index is 1.67. The van der Waals surface area contributed by atoms with Crippen LogP contribution in [0, 0.1) is 5.82 Å². The maximum Gasteiger partial charge on any atom is 0.270 e. The van der Waals surface area contributed by atoms with Gasteiger partial charge in [0.15, 0.2) is 0 Å². The smallest absolute Gasteiger partial charge is 0.270 e. The van der Waals surface area contributed by atoms with Crippen molar-refractivity contribution in [3.05, 3.63) is 71.7 Å². The van der Waals surface area contributed by atoms with E-state index in [9.17, 15) is 9.18 Å². The van der Waals surface area contributed by atoms with Gasteiger partial charge in [-0.2, -0.15) is 0 Å². The van der Waals surface area contributed by atoms with E-state index in [1.807, 2.05) is 24.4 Å². The summed E-state index contributed by atoms with van der Waals surface area (Å²) >= 11 is 0. The second-order valence-electron chi connectivity index (χ2n) is 6.44. The summed E-state index contributed by atoms with van der Waals surface area (Å²) < 4.78 is 14.8. The molecule has 1 aromatic heterocycles.